The SMILES string of the molecule is COc1cc(C(=O)Nc2cc(-c3ccc(CO)o3)ccc2C)cc(OC)c1OC. The summed E-state index contributed by atoms with van der Waals surface area (Å²) in [6.07, 6.45) is 0. The lowest BCUT2D eigenvalue weighted by Crippen LogP contribution is -2.13. The lowest BCUT2D eigenvalue weighted by molar-refractivity contribution is 0.102. The highest BCUT2D eigenvalue weighted by Gasteiger charge is 2.18. The van der Waals surface area contributed by atoms with Crippen molar-refractivity contribution in [3.8, 4) is 28.6 Å². The summed E-state index contributed by atoms with van der Waals surface area (Å²) in [7, 11) is 4.50. The fourth-order valence-corrected chi connectivity index (χ4v) is 2.93. The Morgan fingerprint density at radius 1 is 1.00 bits per heavy atom. The van der Waals surface area contributed by atoms with Gasteiger partial charge in [0.05, 0.1) is 21.3 Å². The van der Waals surface area contributed by atoms with Crippen LogP contribution in [-0.4, -0.2) is 32.3 Å². The third-order valence-corrected chi connectivity index (χ3v) is 4.51. The molecule has 0 aliphatic rings. The van der Waals surface area contributed by atoms with E-state index < -0.39 is 0 Å². The molecule has 0 saturated carbocycles. The molecule has 0 fully saturated rings. The quantitative estimate of drug-likeness (QED) is 0.626. The summed E-state index contributed by atoms with van der Waals surface area (Å²) in [6, 6.07) is 12.3. The first-order valence-electron chi connectivity index (χ1n) is 8.92. The summed E-state index contributed by atoms with van der Waals surface area (Å²) in [6.45, 7) is 1.73. The van der Waals surface area contributed by atoms with Crippen LogP contribution in [0.1, 0.15) is 21.7 Å². The van der Waals surface area contributed by atoms with Crippen LogP contribution >= 0.6 is 0 Å². The van der Waals surface area contributed by atoms with E-state index in [4.69, 9.17) is 18.6 Å². The molecule has 3 aromatic rings. The van der Waals surface area contributed by atoms with E-state index in [1.54, 1.807) is 24.3 Å². The fraction of sp³-hybridized carbons (Fsp3) is 0.227. The summed E-state index contributed by atoms with van der Waals surface area (Å²) in [5.41, 5.74) is 2.69. The maximum atomic E-state index is 12.9. The van der Waals surface area contributed by atoms with Gasteiger partial charge in [-0.3, -0.25) is 4.79 Å². The van der Waals surface area contributed by atoms with E-state index in [9.17, 15) is 9.90 Å². The highest BCUT2D eigenvalue weighted by atomic mass is 16.5. The van der Waals surface area contributed by atoms with E-state index in [2.05, 4.69) is 5.32 Å². The van der Waals surface area contributed by atoms with Gasteiger partial charge in [0, 0.05) is 16.8 Å². The van der Waals surface area contributed by atoms with Crippen LogP contribution in [0.4, 0.5) is 5.69 Å². The van der Waals surface area contributed by atoms with Crippen LogP contribution < -0.4 is 19.5 Å². The lowest BCUT2D eigenvalue weighted by Gasteiger charge is -2.15. The Morgan fingerprint density at radius 2 is 1.69 bits per heavy atom. The minimum absolute atomic E-state index is 0.170. The molecule has 2 aromatic carbocycles. The predicted octanol–water partition coefficient (Wildman–Crippen LogP) is 4.03. The molecule has 0 saturated heterocycles. The molecular formula is C22H23NO6. The van der Waals surface area contributed by atoms with Gasteiger partial charge in [0.2, 0.25) is 5.75 Å². The normalized spacial score (nSPS) is 10.5. The van der Waals surface area contributed by atoms with Gasteiger partial charge < -0.3 is 29.1 Å². The number of rotatable bonds is 7. The van der Waals surface area contributed by atoms with Crippen molar-refractivity contribution in [1.82, 2.24) is 0 Å². The van der Waals surface area contributed by atoms with Crippen molar-refractivity contribution in [2.75, 3.05) is 26.6 Å². The van der Waals surface area contributed by atoms with Crippen molar-refractivity contribution in [2.24, 2.45) is 0 Å². The molecule has 0 radical (unpaired) electrons. The number of hydrogen-bond acceptors (Lipinski definition) is 6. The molecule has 1 amide bonds. The Labute approximate surface area is 168 Å². The lowest BCUT2D eigenvalue weighted by atomic mass is 10.1. The van der Waals surface area contributed by atoms with Gasteiger partial charge in [-0.1, -0.05) is 12.1 Å². The number of furan rings is 1. The third kappa shape index (κ3) is 4.20. The van der Waals surface area contributed by atoms with Crippen molar-refractivity contribution in [1.29, 1.82) is 0 Å². The number of nitrogens with one attached hydrogen (secondary N) is 1. The maximum absolute atomic E-state index is 12.9. The Bertz CT molecular complexity index is 999. The highest BCUT2D eigenvalue weighted by Crippen LogP contribution is 2.38. The van der Waals surface area contributed by atoms with Gasteiger partial charge in [-0.05, 0) is 42.8 Å². The van der Waals surface area contributed by atoms with Crippen molar-refractivity contribution in [3.63, 3.8) is 0 Å². The van der Waals surface area contributed by atoms with Gasteiger partial charge >= 0.3 is 0 Å². The van der Waals surface area contributed by atoms with Crippen molar-refractivity contribution in [2.45, 2.75) is 13.5 Å². The van der Waals surface area contributed by atoms with Crippen LogP contribution in [0.3, 0.4) is 0 Å². The molecule has 7 heteroatoms. The molecule has 3 rings (SSSR count). The van der Waals surface area contributed by atoms with E-state index in [1.807, 2.05) is 25.1 Å². The van der Waals surface area contributed by atoms with Gasteiger partial charge in [0.15, 0.2) is 11.5 Å². The van der Waals surface area contributed by atoms with Crippen LogP contribution in [-0.2, 0) is 6.61 Å². The molecule has 29 heavy (non-hydrogen) atoms. The molecule has 0 spiro atoms. The first-order chi connectivity index (χ1) is 14.0. The Morgan fingerprint density at radius 3 is 2.24 bits per heavy atom. The molecule has 2 N–H and O–H groups in total. The molecule has 152 valence electrons. The van der Waals surface area contributed by atoms with Gasteiger partial charge in [0.25, 0.3) is 5.91 Å². The Balaban J connectivity index is 1.91. The summed E-state index contributed by atoms with van der Waals surface area (Å²) in [4.78, 5) is 12.9. The number of aliphatic hydroxyl groups excluding tert-OH is 1. The zero-order valence-electron chi connectivity index (χ0n) is 16.7. The molecule has 0 aliphatic heterocycles. The van der Waals surface area contributed by atoms with Gasteiger partial charge in [-0.2, -0.15) is 0 Å². The minimum atomic E-state index is -0.319. The number of amides is 1. The number of aryl methyl sites for hydroxylation is 1. The second-order valence-electron chi connectivity index (χ2n) is 6.32. The number of anilines is 1. The summed E-state index contributed by atoms with van der Waals surface area (Å²) in [5.74, 6) is 1.98. The average molecular weight is 397 g/mol. The first-order valence-corrected chi connectivity index (χ1v) is 8.92. The second kappa shape index (κ2) is 8.70. The number of methoxy groups -OCH3 is 3. The zero-order valence-corrected chi connectivity index (χ0v) is 16.7. The second-order valence-corrected chi connectivity index (χ2v) is 6.32. The van der Waals surface area contributed by atoms with Crippen LogP contribution in [0.15, 0.2) is 46.9 Å². The summed E-state index contributed by atoms with van der Waals surface area (Å²) >= 11 is 0. The van der Waals surface area contributed by atoms with Crippen LogP contribution in [0.2, 0.25) is 0 Å². The number of carbonyl (C=O) groups is 1. The Hall–Kier alpha value is -3.45. The molecule has 7 nitrogen and oxygen atoms in total. The number of carbonyl (C=O) groups excluding carboxylic acids is 1. The van der Waals surface area contributed by atoms with Crippen LogP contribution in [0, 0.1) is 6.92 Å². The van der Waals surface area contributed by atoms with Gasteiger partial charge in [-0.25, -0.2) is 0 Å². The number of ether oxygens (including phenoxy) is 3. The molecule has 0 bridgehead atoms. The molecule has 0 aliphatic carbocycles. The Kier molecular flexibility index (Phi) is 6.09. The predicted molar refractivity (Wildman–Crippen MR) is 109 cm³/mol. The summed E-state index contributed by atoms with van der Waals surface area (Å²) in [5, 5.41) is 12.1. The van der Waals surface area contributed by atoms with Crippen molar-refractivity contribution >= 4 is 11.6 Å². The van der Waals surface area contributed by atoms with E-state index in [0.29, 0.717) is 40.0 Å². The van der Waals surface area contributed by atoms with E-state index in [0.717, 1.165) is 11.1 Å². The van der Waals surface area contributed by atoms with Gasteiger partial charge in [0.1, 0.15) is 18.1 Å². The molecular weight excluding hydrogens is 374 g/mol. The standard InChI is InChI=1S/C22H23NO6/c1-13-5-6-14(18-8-7-16(12-24)29-18)9-17(13)23-22(25)15-10-19(26-2)21(28-4)20(11-15)27-3/h5-11,24H,12H2,1-4H3,(H,23,25). The van der Waals surface area contributed by atoms with Gasteiger partial charge in [-0.15, -0.1) is 0 Å². The molecule has 1 aromatic heterocycles. The molecule has 0 atom stereocenters. The third-order valence-electron chi connectivity index (χ3n) is 4.51. The maximum Gasteiger partial charge on any atom is 0.255 e. The number of aliphatic hydroxyl groups is 1. The first kappa shape index (κ1) is 20.3. The van der Waals surface area contributed by atoms with Crippen molar-refractivity contribution < 1.29 is 28.5 Å². The zero-order chi connectivity index (χ0) is 21.0. The van der Waals surface area contributed by atoms with E-state index in [1.165, 1.54) is 21.3 Å². The molecule has 0 unspecified atom stereocenters. The number of benzene rings is 2. The van der Waals surface area contributed by atoms with E-state index in [-0.39, 0.29) is 12.5 Å². The summed E-state index contributed by atoms with van der Waals surface area (Å²) < 4.78 is 21.5. The topological polar surface area (TPSA) is 90.2 Å². The van der Waals surface area contributed by atoms with Crippen LogP contribution in [0.5, 0.6) is 17.2 Å². The average Bonchev–Trinajstić information content (AvgIpc) is 3.23. The highest BCUT2D eigenvalue weighted by molar-refractivity contribution is 6.05. The fourth-order valence-electron chi connectivity index (χ4n) is 2.93. The van der Waals surface area contributed by atoms with Crippen molar-refractivity contribution in [3.05, 3.63) is 59.4 Å². The monoisotopic (exact) mass is 397 g/mol. The number of hydrogen-bond donors (Lipinski definition) is 2. The van der Waals surface area contributed by atoms with E-state index >= 15 is 0 Å². The molecule has 1 heterocycles. The minimum Gasteiger partial charge on any atom is -0.493 e. The largest absolute Gasteiger partial charge is 0.493 e. The van der Waals surface area contributed by atoms with Crippen LogP contribution in [0.25, 0.3) is 11.3 Å². The smallest absolute Gasteiger partial charge is 0.255 e.